The van der Waals surface area contributed by atoms with Crippen molar-refractivity contribution in [2.24, 2.45) is 7.05 Å². The summed E-state index contributed by atoms with van der Waals surface area (Å²) in [5.74, 6) is -0.280. The number of aryl methyl sites for hydroxylation is 1. The Balaban J connectivity index is 1.64. The van der Waals surface area contributed by atoms with Gasteiger partial charge in [-0.2, -0.15) is 31.8 Å². The zero-order chi connectivity index (χ0) is 25.7. The third kappa shape index (κ3) is 4.50. The van der Waals surface area contributed by atoms with Gasteiger partial charge in [0.25, 0.3) is 0 Å². The minimum atomic E-state index is -5.93. The minimum absolute atomic E-state index is 0.00838. The number of rotatable bonds is 5. The van der Waals surface area contributed by atoms with Crippen LogP contribution in [-0.2, 0) is 26.6 Å². The average Bonchev–Trinajstić information content (AvgIpc) is 3.44. The maximum absolute atomic E-state index is 13.2. The van der Waals surface area contributed by atoms with Crippen LogP contribution in [0.3, 0.4) is 0 Å². The van der Waals surface area contributed by atoms with Crippen LogP contribution in [0, 0.1) is 0 Å². The summed E-state index contributed by atoms with van der Waals surface area (Å²) in [5, 5.41) is 8.99. The van der Waals surface area contributed by atoms with Crippen LogP contribution in [0.25, 0.3) is 22.4 Å². The van der Waals surface area contributed by atoms with Gasteiger partial charge in [-0.3, -0.25) is 4.68 Å². The Morgan fingerprint density at radius 3 is 2.69 bits per heavy atom. The zero-order valence-corrected chi connectivity index (χ0v) is 20.4. The van der Waals surface area contributed by atoms with E-state index in [-0.39, 0.29) is 34.8 Å². The number of halogens is 3. The van der Waals surface area contributed by atoms with Crippen LogP contribution >= 0.6 is 0 Å². The smallest absolute Gasteiger partial charge is 0.377 e. The normalized spacial score (nSPS) is 21.8. The molecule has 2 aliphatic rings. The number of aromatic nitrogens is 5. The molecule has 196 valence electrons. The lowest BCUT2D eigenvalue weighted by molar-refractivity contribution is -0.0499. The second kappa shape index (κ2) is 9.19. The van der Waals surface area contributed by atoms with E-state index >= 15 is 0 Å². The number of nitrogens with zero attached hydrogens (tertiary/aromatic N) is 6. The highest BCUT2D eigenvalue weighted by Crippen LogP contribution is 2.38. The quantitative estimate of drug-likeness (QED) is 0.363. The first-order valence-corrected chi connectivity index (χ1v) is 12.9. The molecule has 11 nitrogen and oxygen atoms in total. The van der Waals surface area contributed by atoms with Gasteiger partial charge in [-0.25, -0.2) is 9.67 Å². The molecule has 0 radical (unpaired) electrons. The van der Waals surface area contributed by atoms with E-state index in [0.29, 0.717) is 32.1 Å². The number of pyridine rings is 1. The SMILES string of the molecule is C[C@@H]1COCCN1c1cc(OS(=O)(=O)C(F)(F)F)c2c(n1)c(-c1ccn(C3CCCCO3)n1)nn2C. The van der Waals surface area contributed by atoms with Crippen molar-refractivity contribution in [3.8, 4) is 17.1 Å². The van der Waals surface area contributed by atoms with Crippen molar-refractivity contribution in [3.05, 3.63) is 18.3 Å². The van der Waals surface area contributed by atoms with E-state index in [2.05, 4.69) is 19.4 Å². The van der Waals surface area contributed by atoms with Crippen molar-refractivity contribution in [3.63, 3.8) is 0 Å². The molecule has 0 aromatic carbocycles. The molecule has 2 aliphatic heterocycles. The zero-order valence-electron chi connectivity index (χ0n) is 19.6. The van der Waals surface area contributed by atoms with Gasteiger partial charge in [0.2, 0.25) is 0 Å². The minimum Gasteiger partial charge on any atom is -0.377 e. The maximum atomic E-state index is 13.2. The number of hydrogen-bond acceptors (Lipinski definition) is 9. The number of ether oxygens (including phenoxy) is 2. The Morgan fingerprint density at radius 2 is 2.00 bits per heavy atom. The fraction of sp³-hybridized carbons (Fsp3) is 0.571. The molecule has 15 heteroatoms. The lowest BCUT2D eigenvalue weighted by Crippen LogP contribution is -2.44. The third-order valence-corrected chi connectivity index (χ3v) is 7.15. The molecule has 0 aliphatic carbocycles. The first kappa shape index (κ1) is 24.8. The molecule has 0 bridgehead atoms. The van der Waals surface area contributed by atoms with Crippen LogP contribution in [0.5, 0.6) is 5.75 Å². The molecule has 5 heterocycles. The van der Waals surface area contributed by atoms with Crippen molar-refractivity contribution in [2.45, 2.75) is 44.0 Å². The average molecular weight is 531 g/mol. The van der Waals surface area contributed by atoms with Crippen molar-refractivity contribution in [2.75, 3.05) is 31.3 Å². The van der Waals surface area contributed by atoms with Gasteiger partial charge in [-0.05, 0) is 32.3 Å². The van der Waals surface area contributed by atoms with E-state index in [0.717, 1.165) is 19.3 Å². The van der Waals surface area contributed by atoms with Gasteiger partial charge < -0.3 is 18.6 Å². The van der Waals surface area contributed by atoms with Gasteiger partial charge in [0.15, 0.2) is 5.75 Å². The Labute approximate surface area is 204 Å². The fourth-order valence-corrected chi connectivity index (χ4v) is 4.86. The van der Waals surface area contributed by atoms with E-state index in [9.17, 15) is 21.6 Å². The van der Waals surface area contributed by atoms with Gasteiger partial charge in [-0.15, -0.1) is 0 Å². The van der Waals surface area contributed by atoms with Crippen LogP contribution in [0.1, 0.15) is 32.4 Å². The van der Waals surface area contributed by atoms with Crippen molar-refractivity contribution < 1.29 is 35.2 Å². The van der Waals surface area contributed by atoms with E-state index in [1.807, 2.05) is 11.8 Å². The highest BCUT2D eigenvalue weighted by Gasteiger charge is 2.49. The number of anilines is 1. The van der Waals surface area contributed by atoms with Crippen LogP contribution in [-0.4, -0.2) is 70.9 Å². The lowest BCUT2D eigenvalue weighted by atomic mass is 10.2. The predicted molar refractivity (Wildman–Crippen MR) is 122 cm³/mol. The summed E-state index contributed by atoms with van der Waals surface area (Å²) in [6, 6.07) is 2.74. The summed E-state index contributed by atoms with van der Waals surface area (Å²) in [6.45, 7) is 3.67. The number of morpholine rings is 1. The third-order valence-electron chi connectivity index (χ3n) is 6.19. The van der Waals surface area contributed by atoms with Crippen LogP contribution < -0.4 is 9.08 Å². The maximum Gasteiger partial charge on any atom is 0.534 e. The first-order valence-electron chi connectivity index (χ1n) is 11.4. The highest BCUT2D eigenvalue weighted by atomic mass is 32.2. The number of fused-ring (bicyclic) bond motifs is 1. The lowest BCUT2D eigenvalue weighted by Gasteiger charge is -2.34. The van der Waals surface area contributed by atoms with Crippen molar-refractivity contribution >= 4 is 27.0 Å². The molecule has 2 fully saturated rings. The largest absolute Gasteiger partial charge is 0.534 e. The van der Waals surface area contributed by atoms with Crippen molar-refractivity contribution in [1.29, 1.82) is 0 Å². The molecule has 36 heavy (non-hydrogen) atoms. The van der Waals surface area contributed by atoms with Gasteiger partial charge in [0.1, 0.15) is 34.5 Å². The summed E-state index contributed by atoms with van der Waals surface area (Å²) in [6.07, 6.45) is 4.30. The molecule has 0 saturated carbocycles. The molecule has 3 aromatic heterocycles. The monoisotopic (exact) mass is 530 g/mol. The van der Waals surface area contributed by atoms with E-state index < -0.39 is 21.4 Å². The molecular weight excluding hydrogens is 505 g/mol. The Morgan fingerprint density at radius 1 is 1.19 bits per heavy atom. The fourth-order valence-electron chi connectivity index (χ4n) is 4.40. The van der Waals surface area contributed by atoms with Crippen LogP contribution in [0.15, 0.2) is 18.3 Å². The molecule has 5 rings (SSSR count). The molecule has 0 N–H and O–H groups in total. The predicted octanol–water partition coefficient (Wildman–Crippen LogP) is 2.98. The molecule has 0 spiro atoms. The molecule has 3 aromatic rings. The summed E-state index contributed by atoms with van der Waals surface area (Å²) < 4.78 is 82.1. The molecular formula is C21H25F3N6O5S. The number of alkyl halides is 3. The number of hydrogen-bond donors (Lipinski definition) is 0. The molecule has 2 saturated heterocycles. The Kier molecular flexibility index (Phi) is 6.32. The van der Waals surface area contributed by atoms with Gasteiger partial charge in [0, 0.05) is 32.5 Å². The highest BCUT2D eigenvalue weighted by molar-refractivity contribution is 7.88. The van der Waals surface area contributed by atoms with Crippen LogP contribution in [0.2, 0.25) is 0 Å². The van der Waals surface area contributed by atoms with E-state index in [1.165, 1.54) is 17.8 Å². The molecule has 0 amide bonds. The van der Waals surface area contributed by atoms with Crippen molar-refractivity contribution in [1.82, 2.24) is 24.5 Å². The van der Waals surface area contributed by atoms with E-state index in [4.69, 9.17) is 9.47 Å². The van der Waals surface area contributed by atoms with Gasteiger partial charge in [-0.1, -0.05) is 0 Å². The first-order chi connectivity index (χ1) is 17.0. The second-order valence-electron chi connectivity index (χ2n) is 8.75. The topological polar surface area (TPSA) is 114 Å². The molecule has 1 unspecified atom stereocenters. The molecule has 2 atom stereocenters. The second-order valence-corrected chi connectivity index (χ2v) is 10.3. The Bertz CT molecular complexity index is 1370. The van der Waals surface area contributed by atoms with E-state index in [1.54, 1.807) is 16.9 Å². The standard InChI is InChI=1S/C21H25F3N6O5S/c1-13-12-33-10-8-29(13)16-11-15(35-36(31,32)21(22,23)24)20-19(25-16)18(27-28(20)2)14-6-7-30(26-14)17-5-3-4-9-34-17/h6-7,11,13,17H,3-5,8-10,12H2,1-2H3/t13-,17?/m1/s1. The van der Waals surface area contributed by atoms with Gasteiger partial charge >= 0.3 is 15.6 Å². The van der Waals surface area contributed by atoms with Crippen LogP contribution in [0.4, 0.5) is 19.0 Å². The summed E-state index contributed by atoms with van der Waals surface area (Å²) in [5.41, 5.74) is -4.75. The summed E-state index contributed by atoms with van der Waals surface area (Å²) in [4.78, 5) is 6.49. The summed E-state index contributed by atoms with van der Waals surface area (Å²) >= 11 is 0. The van der Waals surface area contributed by atoms with Gasteiger partial charge in [0.05, 0.1) is 19.3 Å². The summed E-state index contributed by atoms with van der Waals surface area (Å²) in [7, 11) is -4.46. The Hall–Kier alpha value is -2.91.